The zero-order chi connectivity index (χ0) is 13.0. The van der Waals surface area contributed by atoms with Crippen LogP contribution in [0.1, 0.15) is 19.3 Å². The van der Waals surface area contributed by atoms with Crippen molar-refractivity contribution in [2.75, 3.05) is 14.1 Å². The molecule has 1 unspecified atom stereocenters. The van der Waals surface area contributed by atoms with Gasteiger partial charge in [-0.05, 0) is 19.3 Å². The van der Waals surface area contributed by atoms with E-state index in [0.717, 1.165) is 0 Å². The van der Waals surface area contributed by atoms with E-state index in [1.165, 1.54) is 0 Å². The van der Waals surface area contributed by atoms with Gasteiger partial charge in [-0.15, -0.1) is 0 Å². The molecule has 0 aromatic rings. The van der Waals surface area contributed by atoms with Crippen molar-refractivity contribution < 1.29 is 20.1 Å². The summed E-state index contributed by atoms with van der Waals surface area (Å²) in [6.07, 6.45) is 1.49. The largest absolute Gasteiger partial charge is 0.359 e. The average Bonchev–Trinajstić information content (AvgIpc) is 2.36. The molecule has 0 aliphatic heterocycles. The molecule has 3 amide bonds. The summed E-state index contributed by atoms with van der Waals surface area (Å²) in [6, 6.07) is 0. The second kappa shape index (κ2) is 5.77. The Balaban J connectivity index is 2.79. The number of amides is 3. The Bertz CT molecular complexity index is 306. The third kappa shape index (κ3) is 3.26. The number of carbonyl (C=O) groups is 3. The molecule has 17 heavy (non-hydrogen) atoms. The second-order valence-corrected chi connectivity index (χ2v) is 4.49. The molecule has 0 radical (unpaired) electrons. The first-order chi connectivity index (χ1) is 7.99. The quantitative estimate of drug-likeness (QED) is 0.548. The minimum absolute atomic E-state index is 0.107. The minimum Gasteiger partial charge on any atom is -0.359 e. The molecular formula is C11H20N3O3+. The Morgan fingerprint density at radius 2 is 1.24 bits per heavy atom. The summed E-state index contributed by atoms with van der Waals surface area (Å²) < 4.78 is 0. The lowest BCUT2D eigenvalue weighted by Crippen LogP contribution is -2.62. The molecule has 1 saturated carbocycles. The molecule has 5 N–H and O–H groups in total. The molecule has 0 bridgehead atoms. The first-order valence-electron chi connectivity index (χ1n) is 5.78. The molecule has 6 heteroatoms. The molecule has 96 valence electrons. The number of carbonyl (C=O) groups excluding carboxylic acids is 3. The number of hydrogen-bond donors (Lipinski definition) is 3. The molecule has 1 aliphatic rings. The molecule has 6 nitrogen and oxygen atoms in total. The first kappa shape index (κ1) is 13.6. The molecule has 0 aromatic heterocycles. The monoisotopic (exact) mass is 242 g/mol. The average molecular weight is 242 g/mol. The van der Waals surface area contributed by atoms with Crippen LogP contribution in [0.25, 0.3) is 0 Å². The zero-order valence-electron chi connectivity index (χ0n) is 10.3. The lowest BCUT2D eigenvalue weighted by molar-refractivity contribution is -0.313. The van der Waals surface area contributed by atoms with E-state index in [4.69, 9.17) is 0 Å². The van der Waals surface area contributed by atoms with Gasteiger partial charge in [0, 0.05) is 25.9 Å². The van der Waals surface area contributed by atoms with E-state index in [0.29, 0.717) is 19.3 Å². The van der Waals surface area contributed by atoms with Gasteiger partial charge in [0.05, 0.1) is 5.92 Å². The van der Waals surface area contributed by atoms with Gasteiger partial charge in [0.25, 0.3) is 0 Å². The van der Waals surface area contributed by atoms with Crippen LogP contribution < -0.4 is 16.4 Å². The molecular weight excluding hydrogens is 222 g/mol. The van der Waals surface area contributed by atoms with E-state index in [2.05, 4.69) is 16.4 Å². The van der Waals surface area contributed by atoms with E-state index >= 15 is 0 Å². The van der Waals surface area contributed by atoms with Gasteiger partial charge < -0.3 is 10.6 Å². The summed E-state index contributed by atoms with van der Waals surface area (Å²) in [5.74, 6) is -1.23. The third-order valence-electron chi connectivity index (χ3n) is 3.40. The fourth-order valence-electron chi connectivity index (χ4n) is 2.42. The van der Waals surface area contributed by atoms with Gasteiger partial charge >= 0.3 is 5.91 Å². The van der Waals surface area contributed by atoms with Crippen LogP contribution in [0.2, 0.25) is 0 Å². The van der Waals surface area contributed by atoms with Crippen LogP contribution in [0.15, 0.2) is 0 Å². The van der Waals surface area contributed by atoms with E-state index in [1.54, 1.807) is 14.1 Å². The number of hydrogen-bond acceptors (Lipinski definition) is 3. The first-order valence-corrected chi connectivity index (χ1v) is 5.78. The van der Waals surface area contributed by atoms with Crippen molar-refractivity contribution in [2.24, 2.45) is 17.8 Å². The van der Waals surface area contributed by atoms with Crippen LogP contribution in [0.5, 0.6) is 0 Å². The van der Waals surface area contributed by atoms with Crippen molar-refractivity contribution >= 4 is 17.7 Å². The molecule has 0 heterocycles. The molecule has 1 fully saturated rings. The number of quaternary nitrogens is 1. The van der Waals surface area contributed by atoms with Gasteiger partial charge in [0.15, 0.2) is 0 Å². The zero-order valence-corrected chi connectivity index (χ0v) is 10.3. The van der Waals surface area contributed by atoms with E-state index < -0.39 is 0 Å². The smallest absolute Gasteiger partial charge is 0.311 e. The fourth-order valence-corrected chi connectivity index (χ4v) is 2.42. The summed E-state index contributed by atoms with van der Waals surface area (Å²) in [7, 11) is 3.12. The molecule has 0 spiro atoms. The molecule has 3 atom stereocenters. The van der Waals surface area contributed by atoms with Gasteiger partial charge in [-0.25, -0.2) is 4.79 Å². The standard InChI is InChI=1S/C11H19N3O3/c1-13-10(16)7-3-6(9(12)15)4-8(5-7)11(17)14-2/h6-8H,3-5H2,1-2H3,(H2,12,15)(H,13,16)(H,14,17)/p+1/t6?,7-,8+. The van der Waals surface area contributed by atoms with Crippen LogP contribution in [-0.4, -0.2) is 31.8 Å². The number of nitrogens with one attached hydrogen (secondary N) is 2. The highest BCUT2D eigenvalue weighted by atomic mass is 16.2. The number of rotatable bonds is 3. The lowest BCUT2D eigenvalue weighted by Gasteiger charge is -2.30. The highest BCUT2D eigenvalue weighted by molar-refractivity contribution is 5.83. The van der Waals surface area contributed by atoms with Crippen molar-refractivity contribution in [1.82, 2.24) is 10.6 Å². The maximum Gasteiger partial charge on any atom is 0.311 e. The highest BCUT2D eigenvalue weighted by Crippen LogP contribution is 2.33. The van der Waals surface area contributed by atoms with Crippen LogP contribution in [-0.2, 0) is 14.4 Å². The van der Waals surface area contributed by atoms with Gasteiger partial charge in [-0.3, -0.25) is 15.3 Å². The topological polar surface area (TPSA) is 103 Å². The Morgan fingerprint density at radius 3 is 1.53 bits per heavy atom. The summed E-state index contributed by atoms with van der Waals surface area (Å²) in [5, 5.41) is 5.14. The van der Waals surface area contributed by atoms with Gasteiger partial charge in [0.2, 0.25) is 11.8 Å². The predicted molar refractivity (Wildman–Crippen MR) is 60.3 cm³/mol. The van der Waals surface area contributed by atoms with Gasteiger partial charge in [-0.1, -0.05) is 0 Å². The highest BCUT2D eigenvalue weighted by Gasteiger charge is 2.38. The Hall–Kier alpha value is -1.43. The normalized spacial score (nSPS) is 28.3. The Labute approximate surface area is 100 Å². The van der Waals surface area contributed by atoms with E-state index in [1.807, 2.05) is 0 Å². The van der Waals surface area contributed by atoms with Gasteiger partial charge in [-0.2, -0.15) is 0 Å². The van der Waals surface area contributed by atoms with Crippen molar-refractivity contribution in [3.05, 3.63) is 0 Å². The Morgan fingerprint density at radius 1 is 0.882 bits per heavy atom. The Kier molecular flexibility index (Phi) is 4.62. The van der Waals surface area contributed by atoms with Crippen LogP contribution in [0, 0.1) is 17.8 Å². The predicted octanol–water partition coefficient (Wildman–Crippen LogP) is -1.72. The van der Waals surface area contributed by atoms with Gasteiger partial charge in [0.1, 0.15) is 0 Å². The molecule has 0 aromatic carbocycles. The SMILES string of the molecule is CNC(=O)[C@@H]1CC(C([NH3+])=O)C[C@H](C(=O)NC)C1. The van der Waals surface area contributed by atoms with Crippen molar-refractivity contribution in [3.8, 4) is 0 Å². The van der Waals surface area contributed by atoms with Crippen molar-refractivity contribution in [2.45, 2.75) is 19.3 Å². The summed E-state index contributed by atoms with van der Waals surface area (Å²) in [6.45, 7) is 0. The summed E-state index contributed by atoms with van der Waals surface area (Å²) >= 11 is 0. The van der Waals surface area contributed by atoms with Crippen LogP contribution in [0.3, 0.4) is 0 Å². The maximum atomic E-state index is 11.6. The molecule has 1 rings (SSSR count). The van der Waals surface area contributed by atoms with Crippen molar-refractivity contribution in [1.29, 1.82) is 0 Å². The summed E-state index contributed by atoms with van der Waals surface area (Å²) in [5.41, 5.74) is 3.40. The lowest BCUT2D eigenvalue weighted by atomic mass is 9.74. The van der Waals surface area contributed by atoms with Crippen LogP contribution in [0.4, 0.5) is 0 Å². The summed E-state index contributed by atoms with van der Waals surface area (Å²) in [4.78, 5) is 34.6. The van der Waals surface area contributed by atoms with E-state index in [-0.39, 0.29) is 35.5 Å². The van der Waals surface area contributed by atoms with E-state index in [9.17, 15) is 14.4 Å². The minimum atomic E-state index is -0.284. The molecule has 0 saturated heterocycles. The third-order valence-corrected chi connectivity index (χ3v) is 3.40. The van der Waals surface area contributed by atoms with Crippen molar-refractivity contribution in [3.63, 3.8) is 0 Å². The van der Waals surface area contributed by atoms with Crippen LogP contribution >= 0.6 is 0 Å². The second-order valence-electron chi connectivity index (χ2n) is 4.49. The fraction of sp³-hybridized carbons (Fsp3) is 0.727. The molecule has 1 aliphatic carbocycles. The maximum absolute atomic E-state index is 11.6.